The number of benzene rings is 1. The van der Waals surface area contributed by atoms with Gasteiger partial charge in [0.15, 0.2) is 11.6 Å². The van der Waals surface area contributed by atoms with Crippen molar-refractivity contribution < 1.29 is 8.42 Å². The number of para-hydroxylation sites is 1. The Hall–Kier alpha value is -3.37. The Morgan fingerprint density at radius 1 is 0.875 bits per heavy atom. The molecule has 3 aromatic heterocycles. The number of sulfonamides is 1. The van der Waals surface area contributed by atoms with Gasteiger partial charge in [-0.3, -0.25) is 4.98 Å². The largest absolute Gasteiger partial charge is 0.352 e. The second-order valence-electron chi connectivity index (χ2n) is 7.81. The van der Waals surface area contributed by atoms with Crippen molar-refractivity contribution in [3.05, 3.63) is 66.1 Å². The molecule has 0 atom stereocenters. The first-order chi connectivity index (χ1) is 15.4. The van der Waals surface area contributed by atoms with Gasteiger partial charge in [0.1, 0.15) is 4.90 Å². The molecule has 4 heterocycles. The van der Waals surface area contributed by atoms with Crippen LogP contribution in [0.1, 0.15) is 11.4 Å². The minimum absolute atomic E-state index is 0.248. The van der Waals surface area contributed by atoms with Crippen molar-refractivity contribution in [1.29, 1.82) is 0 Å². The van der Waals surface area contributed by atoms with Gasteiger partial charge in [-0.2, -0.15) is 9.40 Å². The summed E-state index contributed by atoms with van der Waals surface area (Å²) in [5, 5.41) is 13.9. The fourth-order valence-corrected chi connectivity index (χ4v) is 5.63. The molecule has 10 heteroatoms. The fraction of sp³-hybridized carbons (Fsp3) is 0.273. The number of aryl methyl sites for hydroxylation is 2. The van der Waals surface area contributed by atoms with Crippen molar-refractivity contribution in [2.45, 2.75) is 18.7 Å². The highest BCUT2D eigenvalue weighted by atomic mass is 32.2. The number of pyridine rings is 1. The van der Waals surface area contributed by atoms with Gasteiger partial charge < -0.3 is 4.90 Å². The lowest BCUT2D eigenvalue weighted by Crippen LogP contribution is -2.49. The third-order valence-corrected chi connectivity index (χ3v) is 7.57. The average Bonchev–Trinajstić information content (AvgIpc) is 3.16. The van der Waals surface area contributed by atoms with Crippen LogP contribution < -0.4 is 4.90 Å². The van der Waals surface area contributed by atoms with E-state index in [1.54, 1.807) is 29.1 Å². The molecule has 0 spiro atoms. The molecular formula is C22H23N7O2S. The number of hydrogen-bond acceptors (Lipinski definition) is 7. The topological polar surface area (TPSA) is 97.1 Å². The zero-order valence-corrected chi connectivity index (χ0v) is 18.7. The normalized spacial score (nSPS) is 15.4. The lowest BCUT2D eigenvalue weighted by Gasteiger charge is -2.34. The first kappa shape index (κ1) is 20.5. The van der Waals surface area contributed by atoms with Crippen LogP contribution in [-0.4, -0.2) is 63.9 Å². The molecular weight excluding hydrogens is 426 g/mol. The molecule has 0 amide bonds. The highest BCUT2D eigenvalue weighted by molar-refractivity contribution is 7.89. The minimum Gasteiger partial charge on any atom is -0.352 e. The molecule has 0 radical (unpaired) electrons. The molecule has 0 N–H and O–H groups in total. The van der Waals surface area contributed by atoms with E-state index in [9.17, 15) is 8.42 Å². The van der Waals surface area contributed by atoms with Crippen LogP contribution in [0.2, 0.25) is 0 Å². The molecule has 5 rings (SSSR count). The number of fused-ring (bicyclic) bond motifs is 1. The van der Waals surface area contributed by atoms with Crippen molar-refractivity contribution in [2.75, 3.05) is 31.1 Å². The van der Waals surface area contributed by atoms with Gasteiger partial charge in [0.2, 0.25) is 10.0 Å². The van der Waals surface area contributed by atoms with E-state index in [2.05, 4.69) is 20.3 Å². The maximum Gasteiger partial charge on any atom is 0.245 e. The maximum absolute atomic E-state index is 13.3. The van der Waals surface area contributed by atoms with E-state index >= 15 is 0 Å². The van der Waals surface area contributed by atoms with Crippen molar-refractivity contribution in [1.82, 2.24) is 29.3 Å². The number of rotatable bonds is 4. The Labute approximate surface area is 186 Å². The number of piperazine rings is 1. The minimum atomic E-state index is -3.64. The zero-order valence-electron chi connectivity index (χ0n) is 17.9. The Balaban J connectivity index is 1.32. The molecule has 0 bridgehead atoms. The highest BCUT2D eigenvalue weighted by Gasteiger charge is 2.30. The van der Waals surface area contributed by atoms with Crippen LogP contribution in [0.25, 0.3) is 16.7 Å². The Bertz CT molecular complexity index is 1370. The smallest absolute Gasteiger partial charge is 0.245 e. The molecule has 0 aliphatic carbocycles. The lowest BCUT2D eigenvalue weighted by molar-refractivity contribution is 0.384. The van der Waals surface area contributed by atoms with Crippen LogP contribution >= 0.6 is 0 Å². The summed E-state index contributed by atoms with van der Waals surface area (Å²) >= 11 is 0. The molecule has 1 aliphatic heterocycles. The summed E-state index contributed by atoms with van der Waals surface area (Å²) in [5.74, 6) is 1.38. The third kappa shape index (κ3) is 3.61. The number of hydrogen-bond donors (Lipinski definition) is 0. The van der Waals surface area contributed by atoms with Gasteiger partial charge in [-0.25, -0.2) is 13.1 Å². The van der Waals surface area contributed by atoms with Gasteiger partial charge >= 0.3 is 0 Å². The summed E-state index contributed by atoms with van der Waals surface area (Å²) in [4.78, 5) is 6.60. The predicted octanol–water partition coefficient (Wildman–Crippen LogP) is 2.34. The summed E-state index contributed by atoms with van der Waals surface area (Å²) in [6.45, 7) is 5.71. The summed E-state index contributed by atoms with van der Waals surface area (Å²) in [6, 6.07) is 14.7. The Morgan fingerprint density at radius 2 is 1.59 bits per heavy atom. The Kier molecular flexibility index (Phi) is 5.10. The highest BCUT2D eigenvalue weighted by Crippen LogP contribution is 2.25. The molecule has 0 unspecified atom stereocenters. The van der Waals surface area contributed by atoms with Gasteiger partial charge in [0.05, 0.1) is 11.2 Å². The average molecular weight is 450 g/mol. The molecule has 1 saturated heterocycles. The van der Waals surface area contributed by atoms with E-state index in [4.69, 9.17) is 0 Å². The zero-order chi connectivity index (χ0) is 22.3. The first-order valence-corrected chi connectivity index (χ1v) is 11.8. The monoisotopic (exact) mass is 449 g/mol. The van der Waals surface area contributed by atoms with Gasteiger partial charge in [-0.1, -0.05) is 18.2 Å². The van der Waals surface area contributed by atoms with E-state index in [-0.39, 0.29) is 4.90 Å². The Morgan fingerprint density at radius 3 is 2.28 bits per heavy atom. The SMILES string of the molecule is Cc1cc(C)n(-c2ccc(N3CCN(S(=O)(=O)c4cccc5cccnc45)CC3)nn2)n1. The van der Waals surface area contributed by atoms with Crippen molar-refractivity contribution >= 4 is 26.7 Å². The summed E-state index contributed by atoms with van der Waals surface area (Å²) < 4.78 is 29.9. The summed E-state index contributed by atoms with van der Waals surface area (Å²) in [5.41, 5.74) is 2.42. The van der Waals surface area contributed by atoms with Crippen LogP contribution in [0.3, 0.4) is 0 Å². The molecule has 4 aromatic rings. The number of nitrogens with zero attached hydrogens (tertiary/aromatic N) is 7. The van der Waals surface area contributed by atoms with Crippen LogP contribution in [-0.2, 0) is 10.0 Å². The molecule has 0 saturated carbocycles. The van der Waals surface area contributed by atoms with Crippen LogP contribution in [0.5, 0.6) is 0 Å². The van der Waals surface area contributed by atoms with E-state index in [1.807, 2.05) is 49.1 Å². The molecule has 1 aromatic carbocycles. The molecule has 1 aliphatic rings. The maximum atomic E-state index is 13.3. The quantitative estimate of drug-likeness (QED) is 0.472. The van der Waals surface area contributed by atoms with E-state index < -0.39 is 10.0 Å². The van der Waals surface area contributed by atoms with Gasteiger partial charge in [-0.05, 0) is 44.2 Å². The standard InChI is InChI=1S/C22H23N7O2S/c1-16-15-17(2)29(26-16)21-9-8-20(24-25-21)27-11-13-28(14-12-27)32(30,31)19-7-3-5-18-6-4-10-23-22(18)19/h3-10,15H,11-14H2,1-2H3. The molecule has 32 heavy (non-hydrogen) atoms. The molecule has 1 fully saturated rings. The molecule has 164 valence electrons. The first-order valence-electron chi connectivity index (χ1n) is 10.4. The van der Waals surface area contributed by atoms with Gasteiger partial charge in [-0.15, -0.1) is 10.2 Å². The van der Waals surface area contributed by atoms with Crippen molar-refractivity contribution in [3.8, 4) is 5.82 Å². The van der Waals surface area contributed by atoms with E-state index in [0.29, 0.717) is 37.5 Å². The second-order valence-corrected chi connectivity index (χ2v) is 9.72. The fourth-order valence-electron chi connectivity index (χ4n) is 4.04. The second kappa shape index (κ2) is 7.95. The predicted molar refractivity (Wildman–Crippen MR) is 121 cm³/mol. The lowest BCUT2D eigenvalue weighted by atomic mass is 10.2. The van der Waals surface area contributed by atoms with Crippen LogP contribution in [0, 0.1) is 13.8 Å². The van der Waals surface area contributed by atoms with E-state index in [0.717, 1.165) is 22.6 Å². The molecule has 9 nitrogen and oxygen atoms in total. The van der Waals surface area contributed by atoms with Crippen LogP contribution in [0.15, 0.2) is 59.6 Å². The van der Waals surface area contributed by atoms with Crippen molar-refractivity contribution in [3.63, 3.8) is 0 Å². The third-order valence-electron chi connectivity index (χ3n) is 5.64. The summed E-state index contributed by atoms with van der Waals surface area (Å²) in [6.07, 6.45) is 1.62. The van der Waals surface area contributed by atoms with Crippen LogP contribution in [0.4, 0.5) is 5.82 Å². The van der Waals surface area contributed by atoms with Crippen molar-refractivity contribution in [2.24, 2.45) is 0 Å². The number of anilines is 1. The van der Waals surface area contributed by atoms with E-state index in [1.165, 1.54) is 4.31 Å². The summed E-state index contributed by atoms with van der Waals surface area (Å²) in [7, 11) is -3.64. The number of aromatic nitrogens is 5. The van der Waals surface area contributed by atoms with Gasteiger partial charge in [0.25, 0.3) is 0 Å². The van der Waals surface area contributed by atoms with Gasteiger partial charge in [0, 0.05) is 43.5 Å².